The third-order valence-corrected chi connectivity index (χ3v) is 3.84. The van der Waals surface area contributed by atoms with E-state index >= 15 is 0 Å². The number of benzene rings is 1. The van der Waals surface area contributed by atoms with Crippen molar-refractivity contribution in [1.82, 2.24) is 15.5 Å². The number of nitrogens with one attached hydrogen (secondary N) is 2. The lowest BCUT2D eigenvalue weighted by molar-refractivity contribution is 0.0709. The Kier molecular flexibility index (Phi) is 4.20. The molecule has 22 heavy (non-hydrogen) atoms. The highest BCUT2D eigenvalue weighted by molar-refractivity contribution is 5.93. The van der Waals surface area contributed by atoms with Crippen LogP contribution in [0.1, 0.15) is 30.3 Å². The van der Waals surface area contributed by atoms with Crippen molar-refractivity contribution in [3.05, 3.63) is 41.8 Å². The summed E-state index contributed by atoms with van der Waals surface area (Å²) in [6.45, 7) is 2.69. The fourth-order valence-corrected chi connectivity index (χ4v) is 2.58. The summed E-state index contributed by atoms with van der Waals surface area (Å²) in [4.78, 5) is 12.2. The summed E-state index contributed by atoms with van der Waals surface area (Å²) < 4.78 is 18.5. The van der Waals surface area contributed by atoms with E-state index in [2.05, 4.69) is 15.5 Å². The molecule has 1 aromatic carbocycles. The third-order valence-electron chi connectivity index (χ3n) is 3.84. The predicted molar refractivity (Wildman–Crippen MR) is 79.9 cm³/mol. The van der Waals surface area contributed by atoms with E-state index in [9.17, 15) is 9.18 Å². The van der Waals surface area contributed by atoms with Crippen LogP contribution in [0.15, 0.2) is 30.3 Å². The standard InChI is InChI=1S/C16H18FN3O2/c1-10(15-3-2-8-22-15)18-16(21)14-9-13(19-20-14)11-4-6-12(17)7-5-11/h4-7,9-10,15H,2-3,8H2,1H3,(H,18,21)(H,19,20)/t10-,15+/m1/s1. The molecule has 1 aliphatic heterocycles. The molecule has 116 valence electrons. The lowest BCUT2D eigenvalue weighted by Crippen LogP contribution is -2.40. The minimum absolute atomic E-state index is 0.0485. The Labute approximate surface area is 127 Å². The molecule has 1 aliphatic rings. The number of carbonyl (C=O) groups excluding carboxylic acids is 1. The van der Waals surface area contributed by atoms with Crippen molar-refractivity contribution in [3.63, 3.8) is 0 Å². The van der Waals surface area contributed by atoms with Gasteiger partial charge in [0.25, 0.3) is 5.91 Å². The van der Waals surface area contributed by atoms with Crippen LogP contribution in [0.5, 0.6) is 0 Å². The van der Waals surface area contributed by atoms with Crippen molar-refractivity contribution < 1.29 is 13.9 Å². The summed E-state index contributed by atoms with van der Waals surface area (Å²) in [5, 5.41) is 9.74. The van der Waals surface area contributed by atoms with Gasteiger partial charge in [0.2, 0.25) is 0 Å². The predicted octanol–water partition coefficient (Wildman–Crippen LogP) is 2.51. The molecule has 3 rings (SSSR count). The van der Waals surface area contributed by atoms with Crippen molar-refractivity contribution in [2.75, 3.05) is 6.61 Å². The number of aromatic amines is 1. The minimum atomic E-state index is -0.303. The molecule has 2 atom stereocenters. The van der Waals surface area contributed by atoms with Crippen LogP contribution in [0.4, 0.5) is 4.39 Å². The highest BCUT2D eigenvalue weighted by Gasteiger charge is 2.24. The van der Waals surface area contributed by atoms with Gasteiger partial charge in [0.05, 0.1) is 17.8 Å². The maximum Gasteiger partial charge on any atom is 0.269 e. The van der Waals surface area contributed by atoms with Crippen LogP contribution in [-0.4, -0.2) is 34.9 Å². The lowest BCUT2D eigenvalue weighted by Gasteiger charge is -2.19. The summed E-state index contributed by atoms with van der Waals surface area (Å²) in [6.07, 6.45) is 2.07. The van der Waals surface area contributed by atoms with Crippen molar-refractivity contribution in [1.29, 1.82) is 0 Å². The zero-order chi connectivity index (χ0) is 15.5. The molecule has 2 aromatic rings. The maximum absolute atomic E-state index is 12.9. The van der Waals surface area contributed by atoms with Crippen LogP contribution in [0, 0.1) is 5.82 Å². The first-order valence-corrected chi connectivity index (χ1v) is 7.37. The monoisotopic (exact) mass is 303 g/mol. The Morgan fingerprint density at radius 2 is 2.23 bits per heavy atom. The lowest BCUT2D eigenvalue weighted by atomic mass is 10.1. The molecule has 2 N–H and O–H groups in total. The van der Waals surface area contributed by atoms with E-state index < -0.39 is 0 Å². The second-order valence-electron chi connectivity index (χ2n) is 5.49. The van der Waals surface area contributed by atoms with Gasteiger partial charge in [0, 0.05) is 12.2 Å². The highest BCUT2D eigenvalue weighted by atomic mass is 19.1. The largest absolute Gasteiger partial charge is 0.376 e. The summed E-state index contributed by atoms with van der Waals surface area (Å²) in [5.41, 5.74) is 1.74. The molecular weight excluding hydrogens is 285 g/mol. The topological polar surface area (TPSA) is 67.0 Å². The van der Waals surface area contributed by atoms with Gasteiger partial charge in [-0.15, -0.1) is 0 Å². The van der Waals surface area contributed by atoms with Gasteiger partial charge in [-0.1, -0.05) is 0 Å². The van der Waals surface area contributed by atoms with Gasteiger partial charge in [0.1, 0.15) is 11.5 Å². The molecule has 1 aromatic heterocycles. The first-order valence-electron chi connectivity index (χ1n) is 7.37. The fourth-order valence-electron chi connectivity index (χ4n) is 2.58. The molecule has 6 heteroatoms. The molecule has 1 saturated heterocycles. The number of rotatable bonds is 4. The maximum atomic E-state index is 12.9. The molecule has 0 radical (unpaired) electrons. The second-order valence-corrected chi connectivity index (χ2v) is 5.49. The Hall–Kier alpha value is -2.21. The van der Waals surface area contributed by atoms with Crippen LogP contribution >= 0.6 is 0 Å². The Balaban J connectivity index is 1.67. The van der Waals surface area contributed by atoms with Gasteiger partial charge in [-0.05, 0) is 50.1 Å². The number of hydrogen-bond donors (Lipinski definition) is 2. The van der Waals surface area contributed by atoms with Crippen molar-refractivity contribution in [3.8, 4) is 11.3 Å². The van der Waals surface area contributed by atoms with E-state index in [1.807, 2.05) is 6.92 Å². The van der Waals surface area contributed by atoms with Gasteiger partial charge in [-0.2, -0.15) is 5.10 Å². The quantitative estimate of drug-likeness (QED) is 0.912. The number of hydrogen-bond acceptors (Lipinski definition) is 3. The summed E-state index contributed by atoms with van der Waals surface area (Å²) >= 11 is 0. The van der Waals surface area contributed by atoms with E-state index in [4.69, 9.17) is 4.74 Å². The molecule has 2 heterocycles. The minimum Gasteiger partial charge on any atom is -0.376 e. The molecule has 0 bridgehead atoms. The number of carbonyl (C=O) groups is 1. The SMILES string of the molecule is C[C@@H](NC(=O)c1cc(-c2ccc(F)cc2)n[nH]1)[C@@H]1CCCO1. The summed E-state index contributed by atoms with van der Waals surface area (Å²) in [7, 11) is 0. The molecule has 5 nitrogen and oxygen atoms in total. The van der Waals surface area contributed by atoms with E-state index in [0.29, 0.717) is 11.4 Å². The average molecular weight is 303 g/mol. The van der Waals surface area contributed by atoms with Crippen LogP contribution in [0.3, 0.4) is 0 Å². The highest BCUT2D eigenvalue weighted by Crippen LogP contribution is 2.19. The molecule has 1 amide bonds. The Morgan fingerprint density at radius 3 is 2.91 bits per heavy atom. The number of halogens is 1. The van der Waals surface area contributed by atoms with Crippen LogP contribution < -0.4 is 5.32 Å². The first-order chi connectivity index (χ1) is 10.6. The number of nitrogens with zero attached hydrogens (tertiary/aromatic N) is 1. The summed E-state index contributed by atoms with van der Waals surface area (Å²) in [6, 6.07) is 7.59. The van der Waals surface area contributed by atoms with E-state index in [1.54, 1.807) is 18.2 Å². The van der Waals surface area contributed by atoms with Gasteiger partial charge in [-0.25, -0.2) is 4.39 Å². The molecule has 1 fully saturated rings. The summed E-state index contributed by atoms with van der Waals surface area (Å²) in [5.74, 6) is -0.522. The number of ether oxygens (including phenoxy) is 1. The van der Waals surface area contributed by atoms with Gasteiger partial charge in [-0.3, -0.25) is 9.89 Å². The molecule has 0 unspecified atom stereocenters. The fraction of sp³-hybridized carbons (Fsp3) is 0.375. The molecular formula is C16H18FN3O2. The van der Waals surface area contributed by atoms with Gasteiger partial charge >= 0.3 is 0 Å². The smallest absolute Gasteiger partial charge is 0.269 e. The molecule has 0 spiro atoms. The van der Waals surface area contributed by atoms with Crippen LogP contribution in [0.25, 0.3) is 11.3 Å². The second kappa shape index (κ2) is 6.27. The normalized spacial score (nSPS) is 19.1. The first kappa shape index (κ1) is 14.7. The van der Waals surface area contributed by atoms with Gasteiger partial charge in [0.15, 0.2) is 0 Å². The van der Waals surface area contributed by atoms with Crippen molar-refractivity contribution in [2.45, 2.75) is 31.9 Å². The zero-order valence-electron chi connectivity index (χ0n) is 12.3. The van der Waals surface area contributed by atoms with Gasteiger partial charge < -0.3 is 10.1 Å². The number of H-pyrrole nitrogens is 1. The molecule has 0 saturated carbocycles. The van der Waals surface area contributed by atoms with Crippen molar-refractivity contribution >= 4 is 5.91 Å². The van der Waals surface area contributed by atoms with E-state index in [-0.39, 0.29) is 23.9 Å². The Bertz CT molecular complexity index is 648. The van der Waals surface area contributed by atoms with E-state index in [1.165, 1.54) is 12.1 Å². The zero-order valence-corrected chi connectivity index (χ0v) is 12.3. The van der Waals surface area contributed by atoms with Crippen LogP contribution in [-0.2, 0) is 4.74 Å². The number of aromatic nitrogens is 2. The Morgan fingerprint density at radius 1 is 1.45 bits per heavy atom. The average Bonchev–Trinajstić information content (AvgIpc) is 3.20. The number of amides is 1. The van der Waals surface area contributed by atoms with E-state index in [0.717, 1.165) is 25.0 Å². The third kappa shape index (κ3) is 3.17. The van der Waals surface area contributed by atoms with Crippen LogP contribution in [0.2, 0.25) is 0 Å². The molecule has 0 aliphatic carbocycles. The van der Waals surface area contributed by atoms with Crippen molar-refractivity contribution in [2.24, 2.45) is 0 Å².